The Morgan fingerprint density at radius 3 is 2.70 bits per heavy atom. The number of imidazole rings is 1. The number of methoxy groups -OCH3 is 1. The van der Waals surface area contributed by atoms with E-state index in [1.54, 1.807) is 14.0 Å². The van der Waals surface area contributed by atoms with Gasteiger partial charge in [-0.2, -0.15) is 0 Å². The number of nitrogens with zero attached hydrogens (tertiary/aromatic N) is 4. The monoisotopic (exact) mass is 372 g/mol. The van der Waals surface area contributed by atoms with Gasteiger partial charge in [0.1, 0.15) is 11.9 Å². The first-order chi connectivity index (χ1) is 13.0. The molecule has 1 aromatic heterocycles. The van der Waals surface area contributed by atoms with Crippen LogP contribution in [-0.4, -0.2) is 38.9 Å². The summed E-state index contributed by atoms with van der Waals surface area (Å²) in [6.07, 6.45) is 5.13. The summed E-state index contributed by atoms with van der Waals surface area (Å²) in [5.41, 5.74) is 1.06. The summed E-state index contributed by atoms with van der Waals surface area (Å²) < 4.78 is 6.59. The van der Waals surface area contributed by atoms with Gasteiger partial charge in [-0.3, -0.25) is 4.79 Å². The van der Waals surface area contributed by atoms with Crippen molar-refractivity contribution >= 4 is 11.7 Å². The van der Waals surface area contributed by atoms with Crippen LogP contribution in [-0.2, 0) is 11.3 Å². The summed E-state index contributed by atoms with van der Waals surface area (Å²) in [4.78, 5) is 29.6. The van der Waals surface area contributed by atoms with Crippen LogP contribution in [0.15, 0.2) is 30.5 Å². The number of nitro groups is 1. The van der Waals surface area contributed by atoms with Crippen molar-refractivity contribution in [2.24, 2.45) is 0 Å². The minimum absolute atomic E-state index is 0.0335. The average molecular weight is 372 g/mol. The molecule has 1 aromatic carbocycles. The largest absolute Gasteiger partial charge is 0.497 e. The van der Waals surface area contributed by atoms with Gasteiger partial charge in [-0.15, -0.1) is 0 Å². The molecule has 3 rings (SSSR count). The second-order valence-electron chi connectivity index (χ2n) is 6.73. The molecule has 1 aliphatic heterocycles. The van der Waals surface area contributed by atoms with Crippen molar-refractivity contribution in [3.8, 4) is 5.75 Å². The lowest BCUT2D eigenvalue weighted by Gasteiger charge is -2.30. The highest BCUT2D eigenvalue weighted by atomic mass is 16.6. The van der Waals surface area contributed by atoms with Gasteiger partial charge in [0.25, 0.3) is 5.91 Å². The molecule has 8 nitrogen and oxygen atoms in total. The van der Waals surface area contributed by atoms with E-state index in [2.05, 4.69) is 4.98 Å². The number of rotatable bonds is 5. The maximum atomic E-state index is 13.1. The topological polar surface area (TPSA) is 90.5 Å². The van der Waals surface area contributed by atoms with E-state index in [1.807, 2.05) is 29.2 Å². The Labute approximate surface area is 157 Å². The molecular formula is C19H24N4O4. The van der Waals surface area contributed by atoms with Crippen LogP contribution < -0.4 is 4.74 Å². The maximum Gasteiger partial charge on any atom is 0.343 e. The molecule has 0 radical (unpaired) electrons. The summed E-state index contributed by atoms with van der Waals surface area (Å²) >= 11 is 0. The van der Waals surface area contributed by atoms with E-state index in [-0.39, 0.29) is 24.3 Å². The number of ether oxygens (including phenoxy) is 1. The smallest absolute Gasteiger partial charge is 0.343 e. The van der Waals surface area contributed by atoms with Crippen molar-refractivity contribution in [1.82, 2.24) is 14.5 Å². The van der Waals surface area contributed by atoms with E-state index in [0.717, 1.165) is 37.0 Å². The lowest BCUT2D eigenvalue weighted by Crippen LogP contribution is -2.37. The lowest BCUT2D eigenvalue weighted by molar-refractivity contribution is -0.392. The zero-order valence-electron chi connectivity index (χ0n) is 15.6. The van der Waals surface area contributed by atoms with Crippen LogP contribution in [0, 0.1) is 17.0 Å². The van der Waals surface area contributed by atoms with Crippen molar-refractivity contribution in [2.45, 2.75) is 45.2 Å². The number of aryl methyl sites for hydroxylation is 1. The Kier molecular flexibility index (Phi) is 5.73. The number of aromatic nitrogens is 2. The fraction of sp³-hybridized carbons (Fsp3) is 0.474. The first-order valence-corrected chi connectivity index (χ1v) is 9.11. The van der Waals surface area contributed by atoms with Crippen LogP contribution in [0.2, 0.25) is 0 Å². The molecule has 144 valence electrons. The van der Waals surface area contributed by atoms with Crippen molar-refractivity contribution < 1.29 is 14.5 Å². The lowest BCUT2D eigenvalue weighted by atomic mass is 10.0. The Morgan fingerprint density at radius 2 is 2.04 bits per heavy atom. The van der Waals surface area contributed by atoms with Crippen LogP contribution in [0.3, 0.4) is 0 Å². The van der Waals surface area contributed by atoms with Crippen molar-refractivity contribution in [1.29, 1.82) is 0 Å². The molecule has 1 atom stereocenters. The normalized spacial score (nSPS) is 17.4. The second-order valence-corrected chi connectivity index (χ2v) is 6.73. The number of benzene rings is 1. The van der Waals surface area contributed by atoms with Gasteiger partial charge in [-0.25, -0.2) is 9.55 Å². The molecule has 1 aliphatic rings. The highest BCUT2D eigenvalue weighted by Gasteiger charge is 2.30. The van der Waals surface area contributed by atoms with Gasteiger partial charge in [0.05, 0.1) is 13.2 Å². The molecule has 2 aromatic rings. The number of likely N-dealkylation sites (tertiary alicyclic amines) is 1. The first-order valence-electron chi connectivity index (χ1n) is 9.11. The van der Waals surface area contributed by atoms with E-state index >= 15 is 0 Å². The van der Waals surface area contributed by atoms with Crippen LogP contribution in [0.1, 0.15) is 43.1 Å². The zero-order valence-corrected chi connectivity index (χ0v) is 15.6. The van der Waals surface area contributed by atoms with Crippen molar-refractivity contribution in [2.75, 3.05) is 13.7 Å². The molecular weight excluding hydrogens is 348 g/mol. The zero-order chi connectivity index (χ0) is 19.4. The van der Waals surface area contributed by atoms with E-state index in [1.165, 1.54) is 10.8 Å². The number of amides is 1. The van der Waals surface area contributed by atoms with E-state index in [4.69, 9.17) is 4.74 Å². The molecule has 1 unspecified atom stereocenters. The predicted octanol–water partition coefficient (Wildman–Crippen LogP) is 3.25. The van der Waals surface area contributed by atoms with Gasteiger partial charge in [0, 0.05) is 13.5 Å². The quantitative estimate of drug-likeness (QED) is 0.593. The Balaban J connectivity index is 1.85. The highest BCUT2D eigenvalue weighted by Crippen LogP contribution is 2.31. The van der Waals surface area contributed by atoms with E-state index in [0.29, 0.717) is 12.4 Å². The molecule has 0 N–H and O–H groups in total. The molecule has 0 spiro atoms. The predicted molar refractivity (Wildman–Crippen MR) is 99.5 cm³/mol. The number of hydrogen-bond donors (Lipinski definition) is 0. The third kappa shape index (κ3) is 4.10. The molecule has 0 aliphatic carbocycles. The maximum absolute atomic E-state index is 13.1. The summed E-state index contributed by atoms with van der Waals surface area (Å²) in [5, 5.41) is 11.2. The van der Waals surface area contributed by atoms with Crippen molar-refractivity contribution in [3.63, 3.8) is 0 Å². The number of carbonyl (C=O) groups is 1. The molecule has 8 heteroatoms. The Hall–Kier alpha value is -2.90. The number of carbonyl (C=O) groups excluding carboxylic acids is 1. The molecule has 1 fully saturated rings. The summed E-state index contributed by atoms with van der Waals surface area (Å²) in [6, 6.07) is 7.73. The summed E-state index contributed by atoms with van der Waals surface area (Å²) in [7, 11) is 1.62. The van der Waals surface area contributed by atoms with Gasteiger partial charge in [0.15, 0.2) is 12.4 Å². The van der Waals surface area contributed by atoms with Crippen LogP contribution in [0.4, 0.5) is 5.82 Å². The molecule has 1 amide bonds. The summed E-state index contributed by atoms with van der Waals surface area (Å²) in [5.74, 6) is 0.958. The van der Waals surface area contributed by atoms with Gasteiger partial charge >= 0.3 is 5.82 Å². The van der Waals surface area contributed by atoms with Gasteiger partial charge in [-0.1, -0.05) is 25.0 Å². The van der Waals surface area contributed by atoms with Gasteiger partial charge < -0.3 is 19.8 Å². The molecule has 27 heavy (non-hydrogen) atoms. The third-order valence-electron chi connectivity index (χ3n) is 5.09. The fourth-order valence-corrected chi connectivity index (χ4v) is 3.60. The minimum Gasteiger partial charge on any atom is -0.497 e. The number of hydrogen-bond acceptors (Lipinski definition) is 5. The standard InChI is InChI=1S/C19H24N4O4/c1-14-20-12-18(23(25)26)22(14)13-19(24)21-11-5-3-4-6-17(21)15-7-9-16(27-2)10-8-15/h7-10,12,17H,3-6,11,13H2,1-2H3. The highest BCUT2D eigenvalue weighted by molar-refractivity contribution is 5.77. The SMILES string of the molecule is COc1ccc(C2CCCCCN2C(=O)Cn2c([N+](=O)[O-])cnc2C)cc1. The Bertz CT molecular complexity index is 816. The average Bonchev–Trinajstić information content (AvgIpc) is 2.88. The third-order valence-corrected chi connectivity index (χ3v) is 5.09. The van der Waals surface area contributed by atoms with Crippen molar-refractivity contribution in [3.05, 3.63) is 52.0 Å². The van der Waals surface area contributed by atoms with Crippen LogP contribution in [0.5, 0.6) is 5.75 Å². The van der Waals surface area contributed by atoms with Crippen LogP contribution >= 0.6 is 0 Å². The van der Waals surface area contributed by atoms with Gasteiger partial charge in [0.2, 0.25) is 0 Å². The van der Waals surface area contributed by atoms with Crippen LogP contribution in [0.25, 0.3) is 0 Å². The second kappa shape index (κ2) is 8.20. The Morgan fingerprint density at radius 1 is 1.30 bits per heavy atom. The van der Waals surface area contributed by atoms with E-state index < -0.39 is 4.92 Å². The molecule has 1 saturated heterocycles. The fourth-order valence-electron chi connectivity index (χ4n) is 3.60. The molecule has 0 bridgehead atoms. The minimum atomic E-state index is -0.503. The molecule has 0 saturated carbocycles. The molecule has 2 heterocycles. The first kappa shape index (κ1) is 18.9. The van der Waals surface area contributed by atoms with Gasteiger partial charge in [-0.05, 0) is 35.5 Å². The van der Waals surface area contributed by atoms with E-state index in [9.17, 15) is 14.9 Å². The summed E-state index contributed by atoms with van der Waals surface area (Å²) in [6.45, 7) is 2.25.